The molecular formula is C13H19NO2. The maximum Gasteiger partial charge on any atom is 0.260 e. The van der Waals surface area contributed by atoms with E-state index in [1.165, 1.54) is 5.56 Å². The van der Waals surface area contributed by atoms with E-state index in [-0.39, 0.29) is 5.91 Å². The number of rotatable bonds is 4. The van der Waals surface area contributed by atoms with Crippen LogP contribution in [0.1, 0.15) is 24.5 Å². The van der Waals surface area contributed by atoms with Gasteiger partial charge < -0.3 is 10.1 Å². The van der Waals surface area contributed by atoms with Crippen molar-refractivity contribution in [1.29, 1.82) is 0 Å². The topological polar surface area (TPSA) is 38.3 Å². The van der Waals surface area contributed by atoms with Crippen LogP contribution in [0.3, 0.4) is 0 Å². The molecule has 1 N–H and O–H groups in total. The van der Waals surface area contributed by atoms with Gasteiger partial charge in [-0.05, 0) is 37.5 Å². The van der Waals surface area contributed by atoms with Crippen molar-refractivity contribution in [2.75, 3.05) is 7.05 Å². The van der Waals surface area contributed by atoms with Crippen molar-refractivity contribution in [3.8, 4) is 5.75 Å². The molecule has 0 radical (unpaired) electrons. The van der Waals surface area contributed by atoms with Gasteiger partial charge in [-0.3, -0.25) is 4.79 Å². The second-order valence-corrected chi connectivity index (χ2v) is 3.83. The van der Waals surface area contributed by atoms with Gasteiger partial charge in [-0.25, -0.2) is 0 Å². The zero-order valence-corrected chi connectivity index (χ0v) is 10.3. The van der Waals surface area contributed by atoms with Crippen LogP contribution in [-0.2, 0) is 4.79 Å². The number of nitrogens with one attached hydrogen (secondary N) is 1. The van der Waals surface area contributed by atoms with E-state index in [4.69, 9.17) is 4.74 Å². The predicted molar refractivity (Wildman–Crippen MR) is 64.7 cm³/mol. The first-order chi connectivity index (χ1) is 7.60. The third-order valence-corrected chi connectivity index (χ3v) is 2.73. The number of ether oxygens (including phenoxy) is 1. The third kappa shape index (κ3) is 2.75. The van der Waals surface area contributed by atoms with E-state index in [2.05, 4.69) is 5.32 Å². The van der Waals surface area contributed by atoms with Crippen LogP contribution in [0.4, 0.5) is 0 Å². The summed E-state index contributed by atoms with van der Waals surface area (Å²) in [5, 5.41) is 2.61. The molecule has 0 aliphatic carbocycles. The van der Waals surface area contributed by atoms with Crippen LogP contribution in [0.5, 0.6) is 5.75 Å². The number of carbonyl (C=O) groups is 1. The Morgan fingerprint density at radius 1 is 1.44 bits per heavy atom. The van der Waals surface area contributed by atoms with Crippen LogP contribution in [0.15, 0.2) is 18.2 Å². The first-order valence-corrected chi connectivity index (χ1v) is 5.54. The van der Waals surface area contributed by atoms with Gasteiger partial charge in [0.05, 0.1) is 0 Å². The highest BCUT2D eigenvalue weighted by atomic mass is 16.5. The smallest absolute Gasteiger partial charge is 0.260 e. The normalized spacial score (nSPS) is 12.0. The van der Waals surface area contributed by atoms with Gasteiger partial charge in [0.1, 0.15) is 5.75 Å². The molecule has 88 valence electrons. The second-order valence-electron chi connectivity index (χ2n) is 3.83. The van der Waals surface area contributed by atoms with Crippen molar-refractivity contribution in [1.82, 2.24) is 5.32 Å². The number of likely N-dealkylation sites (N-methyl/N-ethyl adjacent to an activating group) is 1. The Labute approximate surface area is 96.8 Å². The van der Waals surface area contributed by atoms with Gasteiger partial charge in [-0.1, -0.05) is 19.1 Å². The summed E-state index contributed by atoms with van der Waals surface area (Å²) in [4.78, 5) is 11.5. The van der Waals surface area contributed by atoms with Crippen LogP contribution in [0, 0.1) is 13.8 Å². The fourth-order valence-corrected chi connectivity index (χ4v) is 1.49. The van der Waals surface area contributed by atoms with Crippen molar-refractivity contribution >= 4 is 5.91 Å². The van der Waals surface area contributed by atoms with E-state index in [9.17, 15) is 4.79 Å². The lowest BCUT2D eigenvalue weighted by Crippen LogP contribution is -2.35. The molecule has 0 spiro atoms. The summed E-state index contributed by atoms with van der Waals surface area (Å²) >= 11 is 0. The minimum atomic E-state index is -0.412. The Morgan fingerprint density at radius 2 is 2.12 bits per heavy atom. The molecular weight excluding hydrogens is 202 g/mol. The molecule has 3 heteroatoms. The standard InChI is InChI=1S/C13H19NO2/c1-5-11(13(15)14-4)16-12-8-6-7-9(2)10(12)3/h6-8,11H,5H2,1-4H3,(H,14,15)/t11-/m0/s1. The summed E-state index contributed by atoms with van der Waals surface area (Å²) in [6.45, 7) is 5.97. The van der Waals surface area contributed by atoms with Crippen molar-refractivity contribution in [2.24, 2.45) is 0 Å². The molecule has 0 aromatic heterocycles. The fourth-order valence-electron chi connectivity index (χ4n) is 1.49. The Balaban J connectivity index is 2.86. The number of aryl methyl sites for hydroxylation is 1. The van der Waals surface area contributed by atoms with Crippen molar-refractivity contribution in [3.05, 3.63) is 29.3 Å². The van der Waals surface area contributed by atoms with Crippen LogP contribution >= 0.6 is 0 Å². The summed E-state index contributed by atoms with van der Waals surface area (Å²) < 4.78 is 5.72. The highest BCUT2D eigenvalue weighted by Gasteiger charge is 2.17. The van der Waals surface area contributed by atoms with Crippen LogP contribution < -0.4 is 10.1 Å². The van der Waals surface area contributed by atoms with Crippen molar-refractivity contribution in [2.45, 2.75) is 33.3 Å². The maximum atomic E-state index is 11.5. The molecule has 0 saturated carbocycles. The molecule has 1 aromatic rings. The largest absolute Gasteiger partial charge is 0.480 e. The lowest BCUT2D eigenvalue weighted by molar-refractivity contribution is -0.127. The summed E-state index contributed by atoms with van der Waals surface area (Å²) in [5.41, 5.74) is 2.26. The number of carbonyl (C=O) groups excluding carboxylic acids is 1. The number of amides is 1. The minimum Gasteiger partial charge on any atom is -0.480 e. The lowest BCUT2D eigenvalue weighted by atomic mass is 10.1. The molecule has 3 nitrogen and oxygen atoms in total. The summed E-state index contributed by atoms with van der Waals surface area (Å²) in [7, 11) is 1.62. The summed E-state index contributed by atoms with van der Waals surface area (Å²) in [6.07, 6.45) is 0.248. The average Bonchev–Trinajstić information content (AvgIpc) is 2.30. The minimum absolute atomic E-state index is 0.0802. The molecule has 1 atom stereocenters. The first-order valence-electron chi connectivity index (χ1n) is 5.54. The first kappa shape index (κ1) is 12.6. The highest BCUT2D eigenvalue weighted by molar-refractivity contribution is 5.80. The second kappa shape index (κ2) is 5.54. The molecule has 0 heterocycles. The molecule has 1 amide bonds. The third-order valence-electron chi connectivity index (χ3n) is 2.73. The molecule has 0 unspecified atom stereocenters. The zero-order chi connectivity index (χ0) is 12.1. The molecule has 0 saturated heterocycles. The fraction of sp³-hybridized carbons (Fsp3) is 0.462. The monoisotopic (exact) mass is 221 g/mol. The van der Waals surface area contributed by atoms with Gasteiger partial charge in [0.25, 0.3) is 5.91 Å². The lowest BCUT2D eigenvalue weighted by Gasteiger charge is -2.18. The number of benzene rings is 1. The number of hydrogen-bond donors (Lipinski definition) is 1. The van der Waals surface area contributed by atoms with Gasteiger partial charge in [-0.2, -0.15) is 0 Å². The molecule has 1 aromatic carbocycles. The molecule has 16 heavy (non-hydrogen) atoms. The van der Waals surface area contributed by atoms with Crippen LogP contribution in [-0.4, -0.2) is 19.1 Å². The highest BCUT2D eigenvalue weighted by Crippen LogP contribution is 2.22. The van der Waals surface area contributed by atoms with E-state index < -0.39 is 6.10 Å². The van der Waals surface area contributed by atoms with Gasteiger partial charge in [-0.15, -0.1) is 0 Å². The van der Waals surface area contributed by atoms with Gasteiger partial charge >= 0.3 is 0 Å². The Kier molecular flexibility index (Phi) is 4.35. The van der Waals surface area contributed by atoms with Crippen LogP contribution in [0.2, 0.25) is 0 Å². The summed E-state index contributed by atoms with van der Waals surface area (Å²) in [6, 6.07) is 5.87. The quantitative estimate of drug-likeness (QED) is 0.846. The zero-order valence-electron chi connectivity index (χ0n) is 10.3. The van der Waals surface area contributed by atoms with Gasteiger partial charge in [0.2, 0.25) is 0 Å². The van der Waals surface area contributed by atoms with E-state index in [0.717, 1.165) is 11.3 Å². The molecule has 0 aliphatic rings. The molecule has 0 bridgehead atoms. The van der Waals surface area contributed by atoms with E-state index in [1.54, 1.807) is 7.05 Å². The summed E-state index contributed by atoms with van der Waals surface area (Å²) in [5.74, 6) is 0.707. The van der Waals surface area contributed by atoms with Gasteiger partial charge in [0, 0.05) is 7.05 Å². The van der Waals surface area contributed by atoms with E-state index >= 15 is 0 Å². The Bertz CT molecular complexity index is 374. The Morgan fingerprint density at radius 3 is 2.69 bits per heavy atom. The average molecular weight is 221 g/mol. The van der Waals surface area contributed by atoms with Gasteiger partial charge in [0.15, 0.2) is 6.10 Å². The molecule has 0 fully saturated rings. The number of hydrogen-bond acceptors (Lipinski definition) is 2. The van der Waals surface area contributed by atoms with E-state index in [0.29, 0.717) is 6.42 Å². The maximum absolute atomic E-state index is 11.5. The van der Waals surface area contributed by atoms with E-state index in [1.807, 2.05) is 39.0 Å². The van der Waals surface area contributed by atoms with Crippen molar-refractivity contribution in [3.63, 3.8) is 0 Å². The predicted octanol–water partition coefficient (Wildman–Crippen LogP) is 2.21. The molecule has 0 aliphatic heterocycles. The SMILES string of the molecule is CC[C@H](Oc1cccc(C)c1C)C(=O)NC. The van der Waals surface area contributed by atoms with Crippen molar-refractivity contribution < 1.29 is 9.53 Å². The van der Waals surface area contributed by atoms with Crippen LogP contribution in [0.25, 0.3) is 0 Å². The Hall–Kier alpha value is -1.51. The molecule has 1 rings (SSSR count).